The third-order valence-electron chi connectivity index (χ3n) is 13.2. The molecule has 0 amide bonds. The summed E-state index contributed by atoms with van der Waals surface area (Å²) in [6.45, 7) is 19.8. The molecule has 382 valence electrons. The average Bonchev–Trinajstić information content (AvgIpc) is 4.23. The lowest BCUT2D eigenvalue weighted by Gasteiger charge is -2.21. The van der Waals surface area contributed by atoms with Crippen molar-refractivity contribution in [2.45, 2.75) is 84.5 Å². The smallest absolute Gasteiger partial charge is 0.294 e. The lowest BCUT2D eigenvalue weighted by molar-refractivity contribution is 0.0635. The fourth-order valence-electron chi connectivity index (χ4n) is 8.99. The quantitative estimate of drug-likeness (QED) is 0.137. The van der Waals surface area contributed by atoms with Crippen molar-refractivity contribution in [1.82, 2.24) is 0 Å². The van der Waals surface area contributed by atoms with E-state index in [0.717, 1.165) is 120 Å². The van der Waals surface area contributed by atoms with Crippen LogP contribution in [0.4, 0.5) is 0 Å². The lowest BCUT2D eigenvalue weighted by Crippen LogP contribution is -2.16. The Balaban J connectivity index is 0.000000196. The van der Waals surface area contributed by atoms with Gasteiger partial charge in [-0.05, 0) is 68.7 Å². The molecule has 0 spiro atoms. The monoisotopic (exact) mass is 1070 g/mol. The van der Waals surface area contributed by atoms with E-state index in [4.69, 9.17) is 51.9 Å². The van der Waals surface area contributed by atoms with Crippen LogP contribution in [0, 0.1) is 20.8 Å². The Labute approximate surface area is 436 Å². The zero-order valence-corrected chi connectivity index (χ0v) is 45.4. The van der Waals surface area contributed by atoms with Gasteiger partial charge in [0.05, 0.1) is 34.2 Å². The zero-order valence-electron chi connectivity index (χ0n) is 41.4. The Morgan fingerprint density at radius 3 is 1.11 bits per heavy atom. The maximum Gasteiger partial charge on any atom is 0.294 e. The topological polar surface area (TPSA) is 147 Å². The van der Waals surface area contributed by atoms with Gasteiger partial charge in [-0.2, -0.15) is 8.42 Å². The highest BCUT2D eigenvalue weighted by Gasteiger charge is 2.41. The first-order valence-corrected chi connectivity index (χ1v) is 29.0. The van der Waals surface area contributed by atoms with Gasteiger partial charge in [0.1, 0.15) is 66.1 Å². The second kappa shape index (κ2) is 21.2. The number of rotatable bonds is 9. The van der Waals surface area contributed by atoms with Gasteiger partial charge in [-0.25, -0.2) is 0 Å². The summed E-state index contributed by atoms with van der Waals surface area (Å²) < 4.78 is 92.6. The van der Waals surface area contributed by atoms with Gasteiger partial charge in [0, 0.05) is 27.3 Å². The number of aryl methyl sites for hydroxylation is 3. The maximum atomic E-state index is 10.7. The van der Waals surface area contributed by atoms with E-state index >= 15 is 0 Å². The first-order chi connectivity index (χ1) is 34.8. The van der Waals surface area contributed by atoms with Gasteiger partial charge in [-0.15, -0.1) is 45.3 Å². The molecule has 1 saturated heterocycles. The summed E-state index contributed by atoms with van der Waals surface area (Å²) in [5, 5.41) is 0. The molecular weight excluding hydrogens is 1020 g/mol. The molecule has 0 bridgehead atoms. The molecule has 2 unspecified atom stereocenters. The molecule has 4 aromatic heterocycles. The first-order valence-electron chi connectivity index (χ1n) is 24.3. The highest BCUT2D eigenvalue weighted by atomic mass is 32.2. The normalized spacial score (nSPS) is 17.1. The molecule has 2 atom stereocenters. The second-order valence-corrected chi connectivity index (χ2v) is 23.9. The fourth-order valence-corrected chi connectivity index (χ4v) is 14.3. The Hall–Kier alpha value is -5.37. The molecule has 9 heterocycles. The van der Waals surface area contributed by atoms with E-state index in [2.05, 4.69) is 72.7 Å². The van der Waals surface area contributed by atoms with E-state index < -0.39 is 10.1 Å². The maximum absolute atomic E-state index is 10.7. The molecule has 1 N–H and O–H groups in total. The molecule has 0 radical (unpaired) electrons. The van der Waals surface area contributed by atoms with Crippen molar-refractivity contribution in [2.24, 2.45) is 0 Å². The molecule has 18 heteroatoms. The van der Waals surface area contributed by atoms with Crippen LogP contribution in [0.5, 0.6) is 46.0 Å². The second-order valence-electron chi connectivity index (χ2n) is 18.0. The zero-order chi connectivity index (χ0) is 50.3. The van der Waals surface area contributed by atoms with Crippen molar-refractivity contribution in [3.63, 3.8) is 0 Å². The van der Waals surface area contributed by atoms with Gasteiger partial charge < -0.3 is 47.4 Å². The Kier molecular flexibility index (Phi) is 14.8. The lowest BCUT2D eigenvalue weighted by atomic mass is 9.98. The Bertz CT molecular complexity index is 2990. The predicted octanol–water partition coefficient (Wildman–Crippen LogP) is 13.5. The molecule has 13 nitrogen and oxygen atoms in total. The van der Waals surface area contributed by atoms with Crippen LogP contribution in [-0.4, -0.2) is 79.0 Å². The van der Waals surface area contributed by atoms with Crippen molar-refractivity contribution in [3.8, 4) is 65.5 Å². The van der Waals surface area contributed by atoms with E-state index in [1.54, 1.807) is 57.5 Å². The number of hydrogen-bond acceptors (Lipinski definition) is 16. The first kappa shape index (κ1) is 50.2. The molecule has 5 aliphatic heterocycles. The molecule has 6 aliphatic rings. The van der Waals surface area contributed by atoms with Crippen molar-refractivity contribution in [3.05, 3.63) is 96.2 Å². The minimum absolute atomic E-state index is 0.0513. The van der Waals surface area contributed by atoms with Crippen LogP contribution in [0.25, 0.3) is 30.7 Å². The van der Waals surface area contributed by atoms with E-state index in [-0.39, 0.29) is 4.90 Å². The largest absolute Gasteiger partial charge is 0.486 e. The van der Waals surface area contributed by atoms with Gasteiger partial charge in [-0.3, -0.25) is 4.55 Å². The highest BCUT2D eigenvalue weighted by molar-refractivity contribution is 7.85. The standard InChI is InChI=1S/C33H28O10S4.C11H16.C10H14O3S/c1-14-18-22(38-7-3-34-18)30(44-14)32-26-24(40-9-11-42-26)28(46-32)16-13-17(21-20(16)36-5-6-37-21)29-25-27(43-12-10-41-25)33(47-29)31-23-19(15(2)45-31)35-4-8-39-23;1-4-10(3)11-7-5-9(2)6-8-11;1-3-8(2)9-4-6-10(7-5-9)14(11,12)13/h3-13H2,1-2H3;5-8,10H,4H2,1-3H3;4-8H,3H2,1-2H3,(H,11,12,13). The van der Waals surface area contributed by atoms with Gasteiger partial charge in [0.2, 0.25) is 0 Å². The fraction of sp³-hybridized carbons (Fsp3) is 0.407. The number of allylic oxidation sites excluding steroid dienone is 2. The summed E-state index contributed by atoms with van der Waals surface area (Å²) in [6.07, 6.45) is 2.80. The van der Waals surface area contributed by atoms with Gasteiger partial charge in [-0.1, -0.05) is 69.7 Å². The highest BCUT2D eigenvalue weighted by Crippen LogP contribution is 2.64. The Morgan fingerprint density at radius 2 is 0.750 bits per heavy atom. The number of hydrogen-bond donors (Lipinski definition) is 1. The van der Waals surface area contributed by atoms with Crippen molar-refractivity contribution >= 4 is 66.6 Å². The van der Waals surface area contributed by atoms with Crippen molar-refractivity contribution < 1.29 is 60.3 Å². The van der Waals surface area contributed by atoms with Crippen molar-refractivity contribution in [2.75, 3.05) is 66.1 Å². The number of benzene rings is 2. The van der Waals surface area contributed by atoms with Crippen LogP contribution in [0.3, 0.4) is 0 Å². The Morgan fingerprint density at radius 1 is 0.444 bits per heavy atom. The summed E-state index contributed by atoms with van der Waals surface area (Å²) in [5.41, 5.74) is 5.90. The summed E-state index contributed by atoms with van der Waals surface area (Å²) in [7, 11) is -4.05. The third kappa shape index (κ3) is 9.77. The summed E-state index contributed by atoms with van der Waals surface area (Å²) >= 11 is 6.58. The minimum atomic E-state index is -4.05. The van der Waals surface area contributed by atoms with E-state index in [1.807, 2.05) is 0 Å². The van der Waals surface area contributed by atoms with Crippen LogP contribution in [-0.2, 0) is 19.6 Å². The number of thiophene rings is 4. The van der Waals surface area contributed by atoms with E-state index in [1.165, 1.54) is 29.7 Å². The summed E-state index contributed by atoms with van der Waals surface area (Å²) in [6, 6.07) is 15.1. The van der Waals surface area contributed by atoms with Crippen LogP contribution in [0.2, 0.25) is 0 Å². The SMILES string of the molecule is CCC(C)c1ccc(C)cc1.CCC(C)c1ccc(S(=O)(=O)O)cc1.Cc1sc(-c2sc(C3=C4OCCOC4=C(c4sc(-c5sc(C)c6c5OCCO6)c5c4OCCO5)C3)c3c2OCCO3)c2c1OCCO2. The van der Waals surface area contributed by atoms with Gasteiger partial charge in [0.25, 0.3) is 10.1 Å². The van der Waals surface area contributed by atoms with Crippen LogP contribution >= 0.6 is 45.3 Å². The van der Waals surface area contributed by atoms with Crippen LogP contribution in [0.1, 0.15) is 95.0 Å². The molecule has 2 aromatic carbocycles. The van der Waals surface area contributed by atoms with E-state index in [9.17, 15) is 8.42 Å². The van der Waals surface area contributed by atoms with Gasteiger partial charge in [0.15, 0.2) is 57.5 Å². The third-order valence-corrected chi connectivity index (χ3v) is 18.9. The molecule has 12 rings (SSSR count). The summed E-state index contributed by atoms with van der Waals surface area (Å²) in [5.74, 6) is 8.71. The molecule has 0 saturated carbocycles. The average molecular weight is 1080 g/mol. The predicted molar refractivity (Wildman–Crippen MR) is 284 cm³/mol. The number of fused-ring (bicyclic) bond motifs is 5. The van der Waals surface area contributed by atoms with Crippen molar-refractivity contribution in [1.29, 1.82) is 0 Å². The molecule has 72 heavy (non-hydrogen) atoms. The molecule has 1 fully saturated rings. The molecule has 6 aromatic rings. The van der Waals surface area contributed by atoms with E-state index in [0.29, 0.717) is 84.3 Å². The minimum Gasteiger partial charge on any atom is -0.486 e. The molecule has 1 aliphatic carbocycles. The molecular formula is C54H58O13S5. The van der Waals surface area contributed by atoms with Crippen LogP contribution in [0.15, 0.2) is 64.9 Å². The van der Waals surface area contributed by atoms with Gasteiger partial charge >= 0.3 is 0 Å². The summed E-state index contributed by atoms with van der Waals surface area (Å²) in [4.78, 5) is 7.98. The van der Waals surface area contributed by atoms with Crippen LogP contribution < -0.4 is 37.9 Å². The number of ether oxygens (including phenoxy) is 10.